The first-order valence-corrected chi connectivity index (χ1v) is 5.47. The average molecular weight is 236 g/mol. The Bertz CT molecular complexity index is 278. The third kappa shape index (κ3) is 1.90. The Hall–Kier alpha value is -0.780. The molecule has 1 aliphatic carbocycles. The second-order valence-corrected chi connectivity index (χ2v) is 4.62. The summed E-state index contributed by atoms with van der Waals surface area (Å²) in [6.07, 6.45) is -2.90. The highest BCUT2D eigenvalue weighted by molar-refractivity contribution is 5.82. The molecule has 0 aromatic heterocycles. The van der Waals surface area contributed by atoms with E-state index in [1.807, 2.05) is 7.05 Å². The Balaban J connectivity index is 2.05. The lowest BCUT2D eigenvalue weighted by molar-refractivity contribution is -0.187. The quantitative estimate of drug-likeness (QED) is 0.736. The molecule has 6 heteroatoms. The lowest BCUT2D eigenvalue weighted by Crippen LogP contribution is -2.54. The number of hydrogen-bond acceptors (Lipinski definition) is 2. The summed E-state index contributed by atoms with van der Waals surface area (Å²) in [6, 6.07) is 0.275. The van der Waals surface area contributed by atoms with E-state index in [4.69, 9.17) is 0 Å². The molecule has 3 nitrogen and oxygen atoms in total. The zero-order valence-electron chi connectivity index (χ0n) is 9.05. The molecule has 1 saturated heterocycles. The normalized spacial score (nSPS) is 34.2. The van der Waals surface area contributed by atoms with Crippen molar-refractivity contribution in [3.05, 3.63) is 0 Å². The first-order chi connectivity index (χ1) is 7.43. The highest BCUT2D eigenvalue weighted by atomic mass is 19.4. The Morgan fingerprint density at radius 3 is 2.12 bits per heavy atom. The van der Waals surface area contributed by atoms with Crippen molar-refractivity contribution in [3.63, 3.8) is 0 Å². The second kappa shape index (κ2) is 3.91. The molecule has 2 unspecified atom stereocenters. The third-order valence-electron chi connectivity index (χ3n) is 3.70. The van der Waals surface area contributed by atoms with Gasteiger partial charge in [0.25, 0.3) is 0 Å². The van der Waals surface area contributed by atoms with E-state index in [2.05, 4.69) is 5.32 Å². The van der Waals surface area contributed by atoms with Crippen LogP contribution >= 0.6 is 0 Å². The van der Waals surface area contributed by atoms with Gasteiger partial charge in [-0.25, -0.2) is 0 Å². The predicted molar refractivity (Wildman–Crippen MR) is 51.7 cm³/mol. The van der Waals surface area contributed by atoms with Gasteiger partial charge in [0.05, 0.1) is 0 Å². The second-order valence-electron chi connectivity index (χ2n) is 4.62. The van der Waals surface area contributed by atoms with Gasteiger partial charge in [-0.2, -0.15) is 13.2 Å². The summed E-state index contributed by atoms with van der Waals surface area (Å²) >= 11 is 0. The maximum Gasteiger partial charge on any atom is 0.471 e. The summed E-state index contributed by atoms with van der Waals surface area (Å²) in [5.41, 5.74) is 0. The zero-order valence-corrected chi connectivity index (χ0v) is 9.05. The maximum absolute atomic E-state index is 12.3. The first-order valence-electron chi connectivity index (χ1n) is 5.47. The molecule has 0 radical (unpaired) electrons. The lowest BCUT2D eigenvalue weighted by atomic mass is 9.92. The molecule has 2 bridgehead atoms. The zero-order chi connectivity index (χ0) is 11.9. The molecule has 2 aliphatic rings. The van der Waals surface area contributed by atoms with Crippen LogP contribution in [0.5, 0.6) is 0 Å². The number of rotatable bonds is 1. The van der Waals surface area contributed by atoms with Crippen molar-refractivity contribution in [1.29, 1.82) is 0 Å². The summed E-state index contributed by atoms with van der Waals surface area (Å²) in [6.45, 7) is 0.473. The van der Waals surface area contributed by atoms with E-state index >= 15 is 0 Å². The molecule has 2 atom stereocenters. The summed E-state index contributed by atoms with van der Waals surface area (Å²) in [4.78, 5) is 12.1. The van der Waals surface area contributed by atoms with Crippen molar-refractivity contribution >= 4 is 5.91 Å². The van der Waals surface area contributed by atoms with E-state index < -0.39 is 12.1 Å². The Morgan fingerprint density at radius 2 is 1.75 bits per heavy atom. The number of carbonyl (C=O) groups is 1. The molecule has 2 fully saturated rings. The maximum atomic E-state index is 12.3. The molecule has 0 aromatic carbocycles. The van der Waals surface area contributed by atoms with Crippen molar-refractivity contribution in [2.24, 2.45) is 11.8 Å². The fourth-order valence-electron chi connectivity index (χ4n) is 3.04. The fourth-order valence-corrected chi connectivity index (χ4v) is 3.04. The number of carbonyl (C=O) groups excluding carboxylic acids is 1. The Morgan fingerprint density at radius 1 is 1.25 bits per heavy atom. The minimum atomic E-state index is -4.73. The number of halogens is 3. The van der Waals surface area contributed by atoms with Crippen LogP contribution in [0, 0.1) is 11.8 Å². The van der Waals surface area contributed by atoms with Gasteiger partial charge in [0, 0.05) is 19.1 Å². The van der Waals surface area contributed by atoms with Crippen LogP contribution < -0.4 is 5.32 Å². The van der Waals surface area contributed by atoms with Gasteiger partial charge < -0.3 is 10.2 Å². The van der Waals surface area contributed by atoms with E-state index in [9.17, 15) is 18.0 Å². The average Bonchev–Trinajstić information content (AvgIpc) is 2.45. The van der Waals surface area contributed by atoms with Crippen molar-refractivity contribution in [3.8, 4) is 0 Å². The van der Waals surface area contributed by atoms with Crippen LogP contribution in [0.1, 0.15) is 12.8 Å². The van der Waals surface area contributed by atoms with E-state index in [0.29, 0.717) is 0 Å². The van der Waals surface area contributed by atoms with Gasteiger partial charge >= 0.3 is 12.1 Å². The molecule has 16 heavy (non-hydrogen) atoms. The van der Waals surface area contributed by atoms with Gasteiger partial charge in [-0.3, -0.25) is 4.79 Å². The summed E-state index contributed by atoms with van der Waals surface area (Å²) in [5.74, 6) is -1.33. The Labute approximate surface area is 92.0 Å². The number of alkyl halides is 3. The molecule has 1 aliphatic heterocycles. The number of nitrogens with zero attached hydrogens (tertiary/aromatic N) is 1. The molecule has 2 rings (SSSR count). The molecule has 92 valence electrons. The van der Waals surface area contributed by atoms with Gasteiger partial charge in [0.15, 0.2) is 0 Å². The number of amides is 1. The third-order valence-corrected chi connectivity index (χ3v) is 3.70. The van der Waals surface area contributed by atoms with Gasteiger partial charge in [-0.05, 0) is 31.7 Å². The lowest BCUT2D eigenvalue weighted by Gasteiger charge is -2.38. The molecule has 1 N–H and O–H groups in total. The molecule has 1 heterocycles. The van der Waals surface area contributed by atoms with E-state index in [-0.39, 0.29) is 31.0 Å². The van der Waals surface area contributed by atoms with E-state index in [1.165, 1.54) is 0 Å². The smallest absolute Gasteiger partial charge is 0.334 e. The van der Waals surface area contributed by atoms with Gasteiger partial charge in [-0.1, -0.05) is 0 Å². The fraction of sp³-hybridized carbons (Fsp3) is 0.900. The summed E-state index contributed by atoms with van der Waals surface area (Å²) in [5, 5.41) is 3.14. The first kappa shape index (κ1) is 11.7. The minimum absolute atomic E-state index is 0.176. The van der Waals surface area contributed by atoms with Crippen molar-refractivity contribution in [2.45, 2.75) is 25.1 Å². The minimum Gasteiger partial charge on any atom is -0.334 e. The summed E-state index contributed by atoms with van der Waals surface area (Å²) < 4.78 is 36.8. The van der Waals surface area contributed by atoms with Crippen LogP contribution in [0.15, 0.2) is 0 Å². The number of likely N-dealkylation sites (tertiary alicyclic amines) is 1. The van der Waals surface area contributed by atoms with Crippen LogP contribution in [0.3, 0.4) is 0 Å². The molecule has 0 spiro atoms. The van der Waals surface area contributed by atoms with Crippen molar-refractivity contribution in [1.82, 2.24) is 10.2 Å². The van der Waals surface area contributed by atoms with Crippen molar-refractivity contribution < 1.29 is 18.0 Å². The molecule has 1 amide bonds. The number of fused-ring (bicyclic) bond motifs is 2. The highest BCUT2D eigenvalue weighted by Gasteiger charge is 2.49. The van der Waals surface area contributed by atoms with Gasteiger partial charge in [0.1, 0.15) is 0 Å². The molecule has 1 saturated carbocycles. The van der Waals surface area contributed by atoms with Crippen LogP contribution in [0.4, 0.5) is 13.2 Å². The SMILES string of the molecule is CNC1C2CCC1CN(C(=O)C(F)(F)F)C2. The van der Waals surface area contributed by atoms with Crippen LogP contribution in [-0.4, -0.2) is 43.2 Å². The van der Waals surface area contributed by atoms with Crippen LogP contribution in [-0.2, 0) is 4.79 Å². The molecule has 0 aromatic rings. The van der Waals surface area contributed by atoms with Gasteiger partial charge in [0.2, 0.25) is 0 Å². The van der Waals surface area contributed by atoms with E-state index in [1.54, 1.807) is 0 Å². The van der Waals surface area contributed by atoms with Crippen LogP contribution in [0.2, 0.25) is 0 Å². The van der Waals surface area contributed by atoms with Crippen LogP contribution in [0.25, 0.3) is 0 Å². The number of piperidine rings is 1. The number of hydrogen-bond donors (Lipinski definition) is 1. The number of nitrogens with one attached hydrogen (secondary N) is 1. The largest absolute Gasteiger partial charge is 0.471 e. The van der Waals surface area contributed by atoms with Crippen molar-refractivity contribution in [2.75, 3.05) is 20.1 Å². The monoisotopic (exact) mass is 236 g/mol. The standard InChI is InChI=1S/C10H15F3N2O/c1-14-8-6-2-3-7(8)5-15(4-6)9(16)10(11,12)13/h6-8,14H,2-5H2,1H3. The van der Waals surface area contributed by atoms with E-state index in [0.717, 1.165) is 17.7 Å². The topological polar surface area (TPSA) is 32.3 Å². The molecular formula is C10H15F3N2O. The highest BCUT2D eigenvalue weighted by Crippen LogP contribution is 2.37. The summed E-state index contributed by atoms with van der Waals surface area (Å²) in [7, 11) is 1.83. The molecular weight excluding hydrogens is 221 g/mol. The predicted octanol–water partition coefficient (Wildman–Crippen LogP) is 1.01. The Kier molecular flexibility index (Phi) is 2.86. The van der Waals surface area contributed by atoms with Gasteiger partial charge in [-0.15, -0.1) is 0 Å².